The molecule has 0 saturated heterocycles. The first-order chi connectivity index (χ1) is 26.0. The molecule has 0 saturated carbocycles. The molecule has 0 aliphatic carbocycles. The summed E-state index contributed by atoms with van der Waals surface area (Å²) in [5.74, 6) is 1.02. The van der Waals surface area contributed by atoms with E-state index in [4.69, 9.17) is 14.6 Å². The molecule has 258 valence electrons. The molecule has 53 heavy (non-hydrogen) atoms. The number of rotatable bonds is 11. The maximum Gasteiger partial charge on any atom is 0.308 e. The molecule has 0 aliphatic heterocycles. The highest BCUT2D eigenvalue weighted by Crippen LogP contribution is 2.36. The summed E-state index contributed by atoms with van der Waals surface area (Å²) in [6.07, 6.45) is 8.39. The van der Waals surface area contributed by atoms with Crippen LogP contribution in [0.4, 0.5) is 11.4 Å². The number of fused-ring (bicyclic) bond motifs is 1. The number of methoxy groups -OCH3 is 1. The van der Waals surface area contributed by atoms with E-state index in [0.717, 1.165) is 67.0 Å². The van der Waals surface area contributed by atoms with Gasteiger partial charge in [-0.2, -0.15) is 5.10 Å². The first-order valence-electron chi connectivity index (χ1n) is 17.4. The zero-order valence-electron chi connectivity index (χ0n) is 29.6. The molecule has 0 bridgehead atoms. The summed E-state index contributed by atoms with van der Waals surface area (Å²) in [4.78, 5) is 11.3. The van der Waals surface area contributed by atoms with Crippen molar-refractivity contribution in [3.8, 4) is 11.5 Å². The predicted molar refractivity (Wildman–Crippen MR) is 220 cm³/mol. The summed E-state index contributed by atoms with van der Waals surface area (Å²) >= 11 is 0. The van der Waals surface area contributed by atoms with Gasteiger partial charge in [0.15, 0.2) is 0 Å². The summed E-state index contributed by atoms with van der Waals surface area (Å²) in [6.45, 7) is 1.40. The molecular weight excluding hydrogens is 653 g/mol. The Hall–Kier alpha value is -6.98. The Morgan fingerprint density at radius 3 is 1.57 bits per heavy atom. The smallest absolute Gasteiger partial charge is 0.308 e. The van der Waals surface area contributed by atoms with Gasteiger partial charge in [-0.05, 0) is 70.1 Å². The van der Waals surface area contributed by atoms with Gasteiger partial charge in [0, 0.05) is 23.4 Å². The fourth-order valence-corrected chi connectivity index (χ4v) is 6.09. The number of esters is 1. The molecule has 5 heteroatoms. The van der Waals surface area contributed by atoms with Crippen molar-refractivity contribution in [1.82, 2.24) is 0 Å². The third-order valence-corrected chi connectivity index (χ3v) is 8.78. The number of hydrazone groups is 1. The van der Waals surface area contributed by atoms with Crippen molar-refractivity contribution in [2.45, 2.75) is 6.92 Å². The SMILES string of the molecule is COc1ccc(C=Cc2ccc(N(N=C(c3ccccc3)c3ccccc3)c3ccc(C=Cc4ccc(OC(C)=O)cc4)cc3)c3ccccc23)cc1. The average molecular weight is 691 g/mol. The van der Waals surface area contributed by atoms with Gasteiger partial charge >= 0.3 is 5.97 Å². The molecule has 7 aromatic carbocycles. The topological polar surface area (TPSA) is 51.1 Å². The minimum Gasteiger partial charge on any atom is -0.497 e. The number of hydrogen-bond acceptors (Lipinski definition) is 5. The molecular formula is C48H38N2O3. The second-order valence-electron chi connectivity index (χ2n) is 12.4. The minimum atomic E-state index is -0.336. The van der Waals surface area contributed by atoms with Crippen molar-refractivity contribution in [3.63, 3.8) is 0 Å². The van der Waals surface area contributed by atoms with Crippen molar-refractivity contribution >= 4 is 58.1 Å². The fraction of sp³-hybridized carbons (Fsp3) is 0.0417. The van der Waals surface area contributed by atoms with Gasteiger partial charge in [0.1, 0.15) is 11.5 Å². The number of benzene rings is 7. The van der Waals surface area contributed by atoms with Crippen LogP contribution < -0.4 is 14.5 Å². The van der Waals surface area contributed by atoms with Crippen molar-refractivity contribution in [2.75, 3.05) is 12.1 Å². The highest BCUT2D eigenvalue weighted by molar-refractivity contribution is 6.14. The average Bonchev–Trinajstić information content (AvgIpc) is 3.21. The maximum absolute atomic E-state index is 11.3. The van der Waals surface area contributed by atoms with Crippen LogP contribution in [0.5, 0.6) is 11.5 Å². The van der Waals surface area contributed by atoms with Crippen LogP contribution in [0.3, 0.4) is 0 Å². The molecule has 0 radical (unpaired) electrons. The van der Waals surface area contributed by atoms with Gasteiger partial charge < -0.3 is 9.47 Å². The Morgan fingerprint density at radius 1 is 0.528 bits per heavy atom. The van der Waals surface area contributed by atoms with Gasteiger partial charge in [-0.25, -0.2) is 5.01 Å². The molecule has 7 rings (SSSR count). The Balaban J connectivity index is 1.30. The van der Waals surface area contributed by atoms with Crippen LogP contribution in [0.1, 0.15) is 40.3 Å². The zero-order chi connectivity index (χ0) is 36.4. The summed E-state index contributed by atoms with van der Waals surface area (Å²) in [6, 6.07) is 57.3. The van der Waals surface area contributed by atoms with Crippen molar-refractivity contribution < 1.29 is 14.3 Å². The van der Waals surface area contributed by atoms with Crippen LogP contribution in [0.25, 0.3) is 35.1 Å². The third-order valence-electron chi connectivity index (χ3n) is 8.78. The Labute approximate surface area is 310 Å². The molecule has 7 aromatic rings. The predicted octanol–water partition coefficient (Wildman–Crippen LogP) is 11.7. The largest absolute Gasteiger partial charge is 0.497 e. The van der Waals surface area contributed by atoms with Gasteiger partial charge in [0.05, 0.1) is 24.2 Å². The molecule has 0 heterocycles. The van der Waals surface area contributed by atoms with Gasteiger partial charge in [-0.1, -0.05) is 152 Å². The van der Waals surface area contributed by atoms with Crippen LogP contribution >= 0.6 is 0 Å². The lowest BCUT2D eigenvalue weighted by molar-refractivity contribution is -0.131. The lowest BCUT2D eigenvalue weighted by atomic mass is 10.0. The molecule has 0 unspecified atom stereocenters. The van der Waals surface area contributed by atoms with E-state index in [9.17, 15) is 4.79 Å². The molecule has 0 aromatic heterocycles. The summed E-state index contributed by atoms with van der Waals surface area (Å²) < 4.78 is 10.5. The molecule has 5 nitrogen and oxygen atoms in total. The quantitative estimate of drug-likeness (QED) is 0.0446. The number of anilines is 2. The second kappa shape index (κ2) is 16.4. The first kappa shape index (κ1) is 34.5. The van der Waals surface area contributed by atoms with E-state index < -0.39 is 0 Å². The standard InChI is InChI=1S/C48H38N2O3/c1-35(51)53-44-32-24-37(25-33-44)18-17-36-20-28-42(29-21-36)50(49-48(40-11-5-3-6-12-40)41-13-7-4-8-14-41)47-34-27-39(45-15-9-10-16-46(45)47)26-19-38-22-30-43(52-2)31-23-38/h3-34H,1-2H3. The molecule has 0 N–H and O–H groups in total. The lowest BCUT2D eigenvalue weighted by Gasteiger charge is -2.24. The summed E-state index contributed by atoms with van der Waals surface area (Å²) in [5.41, 5.74) is 9.02. The lowest BCUT2D eigenvalue weighted by Crippen LogP contribution is -2.15. The highest BCUT2D eigenvalue weighted by atomic mass is 16.5. The van der Waals surface area contributed by atoms with E-state index >= 15 is 0 Å². The van der Waals surface area contributed by atoms with Gasteiger partial charge in [0.2, 0.25) is 0 Å². The van der Waals surface area contributed by atoms with Crippen molar-refractivity contribution in [1.29, 1.82) is 0 Å². The molecule has 0 amide bonds. The zero-order valence-corrected chi connectivity index (χ0v) is 29.6. The number of ether oxygens (including phenoxy) is 2. The third kappa shape index (κ3) is 8.50. The van der Waals surface area contributed by atoms with Crippen molar-refractivity contribution in [3.05, 3.63) is 203 Å². The fourth-order valence-electron chi connectivity index (χ4n) is 6.09. The van der Waals surface area contributed by atoms with E-state index in [0.29, 0.717) is 5.75 Å². The van der Waals surface area contributed by atoms with Gasteiger partial charge in [-0.3, -0.25) is 4.79 Å². The van der Waals surface area contributed by atoms with E-state index in [-0.39, 0.29) is 5.97 Å². The number of carbonyl (C=O) groups excluding carboxylic acids is 1. The van der Waals surface area contributed by atoms with E-state index in [2.05, 4.69) is 120 Å². The number of nitrogens with zero attached hydrogens (tertiary/aromatic N) is 2. The Kier molecular flexibility index (Phi) is 10.6. The van der Waals surface area contributed by atoms with Crippen LogP contribution in [-0.2, 0) is 4.79 Å². The monoisotopic (exact) mass is 690 g/mol. The molecule has 0 fully saturated rings. The normalized spacial score (nSPS) is 11.1. The molecule has 0 atom stereocenters. The van der Waals surface area contributed by atoms with Gasteiger partial charge in [0.25, 0.3) is 0 Å². The summed E-state index contributed by atoms with van der Waals surface area (Å²) in [5, 5.41) is 9.72. The minimum absolute atomic E-state index is 0.336. The second-order valence-corrected chi connectivity index (χ2v) is 12.4. The van der Waals surface area contributed by atoms with Crippen LogP contribution in [0, 0.1) is 0 Å². The Bertz CT molecular complexity index is 2360. The van der Waals surface area contributed by atoms with Crippen LogP contribution in [0.15, 0.2) is 175 Å². The van der Waals surface area contributed by atoms with E-state index in [1.165, 1.54) is 6.92 Å². The van der Waals surface area contributed by atoms with Gasteiger partial charge in [-0.15, -0.1) is 0 Å². The van der Waals surface area contributed by atoms with Crippen LogP contribution in [-0.4, -0.2) is 18.8 Å². The molecule has 0 aliphatic rings. The maximum atomic E-state index is 11.3. The molecule has 0 spiro atoms. The number of carbonyl (C=O) groups is 1. The number of hydrogen-bond donors (Lipinski definition) is 0. The highest BCUT2D eigenvalue weighted by Gasteiger charge is 2.17. The Morgan fingerprint density at radius 2 is 1.02 bits per heavy atom. The first-order valence-corrected chi connectivity index (χ1v) is 17.4. The van der Waals surface area contributed by atoms with Crippen LogP contribution in [0.2, 0.25) is 0 Å². The van der Waals surface area contributed by atoms with E-state index in [1.54, 1.807) is 19.2 Å². The van der Waals surface area contributed by atoms with E-state index in [1.807, 2.05) is 66.7 Å². The van der Waals surface area contributed by atoms with Crippen molar-refractivity contribution in [2.24, 2.45) is 5.10 Å². The summed E-state index contributed by atoms with van der Waals surface area (Å²) in [7, 11) is 1.68.